The molecule has 0 spiro atoms. The molecule has 4 nitrogen and oxygen atoms in total. The highest BCUT2D eigenvalue weighted by Gasteiger charge is 2.43. The number of nitrogens with zero attached hydrogens (tertiary/aromatic N) is 1. The summed E-state index contributed by atoms with van der Waals surface area (Å²) in [7, 11) is 0. The summed E-state index contributed by atoms with van der Waals surface area (Å²) in [6, 6.07) is 7.10. The Balaban J connectivity index is 1.59. The van der Waals surface area contributed by atoms with E-state index >= 15 is 0 Å². The highest BCUT2D eigenvalue weighted by molar-refractivity contribution is 9.10. The van der Waals surface area contributed by atoms with Gasteiger partial charge in [0.25, 0.3) is 5.91 Å². The number of halogens is 2. The van der Waals surface area contributed by atoms with E-state index in [1.165, 1.54) is 6.08 Å². The second-order valence-electron chi connectivity index (χ2n) is 7.03. The first-order valence-corrected chi connectivity index (χ1v) is 9.58. The van der Waals surface area contributed by atoms with Crippen molar-refractivity contribution in [2.75, 3.05) is 13.1 Å². The van der Waals surface area contributed by atoms with Crippen LogP contribution in [-0.4, -0.2) is 35.3 Å². The molecule has 0 radical (unpaired) electrons. The van der Waals surface area contributed by atoms with Gasteiger partial charge in [0.15, 0.2) is 0 Å². The van der Waals surface area contributed by atoms with Crippen LogP contribution in [0.1, 0.15) is 43.0 Å². The van der Waals surface area contributed by atoms with E-state index in [0.29, 0.717) is 37.9 Å². The number of hydrogen-bond donors (Lipinski definition) is 1. The summed E-state index contributed by atoms with van der Waals surface area (Å²) in [5, 5.41) is 2.90. The first-order valence-electron chi connectivity index (χ1n) is 8.79. The molecule has 1 fully saturated rings. The third-order valence-electron chi connectivity index (χ3n) is 5.00. The van der Waals surface area contributed by atoms with Crippen molar-refractivity contribution in [1.29, 1.82) is 0 Å². The Kier molecular flexibility index (Phi) is 5.61. The summed E-state index contributed by atoms with van der Waals surface area (Å²) in [5.41, 5.74) is 0.797. The van der Waals surface area contributed by atoms with Gasteiger partial charge >= 0.3 is 0 Å². The summed E-state index contributed by atoms with van der Waals surface area (Å²) in [6.07, 6.45) is 5.80. The molecular formula is C20H22BrFN2O2. The quantitative estimate of drug-likeness (QED) is 0.777. The Morgan fingerprint density at radius 3 is 2.85 bits per heavy atom. The Bertz CT molecular complexity index is 790. The van der Waals surface area contributed by atoms with E-state index in [-0.39, 0.29) is 17.6 Å². The second-order valence-corrected chi connectivity index (χ2v) is 7.94. The van der Waals surface area contributed by atoms with Gasteiger partial charge < -0.3 is 10.2 Å². The minimum atomic E-state index is -0.883. The van der Waals surface area contributed by atoms with Crippen molar-refractivity contribution in [3.05, 3.63) is 57.9 Å². The van der Waals surface area contributed by atoms with Crippen LogP contribution in [0.25, 0.3) is 0 Å². The number of rotatable bonds is 5. The van der Waals surface area contributed by atoms with E-state index in [1.54, 1.807) is 30.0 Å². The van der Waals surface area contributed by atoms with Crippen LogP contribution < -0.4 is 5.32 Å². The van der Waals surface area contributed by atoms with E-state index < -0.39 is 5.54 Å². The zero-order chi connectivity index (χ0) is 18.7. The summed E-state index contributed by atoms with van der Waals surface area (Å²) in [4.78, 5) is 27.1. The average molecular weight is 421 g/mol. The van der Waals surface area contributed by atoms with Gasteiger partial charge in [0.1, 0.15) is 11.4 Å². The molecule has 1 aliphatic heterocycles. The van der Waals surface area contributed by atoms with Crippen molar-refractivity contribution < 1.29 is 14.0 Å². The predicted octanol–water partition coefficient (Wildman–Crippen LogP) is 4.13. The molecule has 2 amide bonds. The normalized spacial score (nSPS) is 22.9. The summed E-state index contributed by atoms with van der Waals surface area (Å²) >= 11 is 3.35. The van der Waals surface area contributed by atoms with Crippen molar-refractivity contribution >= 4 is 27.7 Å². The zero-order valence-electron chi connectivity index (χ0n) is 14.7. The summed E-state index contributed by atoms with van der Waals surface area (Å²) in [6.45, 7) is 3.00. The Labute approximate surface area is 161 Å². The molecule has 1 N–H and O–H groups in total. The third-order valence-corrected chi connectivity index (χ3v) is 5.50. The minimum Gasteiger partial charge on any atom is -0.340 e. The second kappa shape index (κ2) is 7.74. The van der Waals surface area contributed by atoms with Crippen LogP contribution in [0.3, 0.4) is 0 Å². The molecule has 1 aromatic rings. The van der Waals surface area contributed by atoms with Gasteiger partial charge in [0, 0.05) is 29.5 Å². The molecule has 0 saturated carbocycles. The molecule has 2 aliphatic rings. The number of carbonyl (C=O) groups is 2. The van der Waals surface area contributed by atoms with E-state index in [0.717, 1.165) is 16.5 Å². The largest absolute Gasteiger partial charge is 0.340 e. The molecule has 1 aliphatic carbocycles. The van der Waals surface area contributed by atoms with Crippen LogP contribution in [0.15, 0.2) is 52.3 Å². The van der Waals surface area contributed by atoms with Crippen molar-refractivity contribution in [3.8, 4) is 0 Å². The fourth-order valence-electron chi connectivity index (χ4n) is 3.34. The first kappa shape index (κ1) is 18.8. The van der Waals surface area contributed by atoms with Crippen LogP contribution in [0.2, 0.25) is 0 Å². The number of allylic oxidation sites excluding steroid dienone is 3. The van der Waals surface area contributed by atoms with Crippen molar-refractivity contribution in [1.82, 2.24) is 10.2 Å². The van der Waals surface area contributed by atoms with Gasteiger partial charge in [-0.25, -0.2) is 4.39 Å². The zero-order valence-corrected chi connectivity index (χ0v) is 16.3. The highest BCUT2D eigenvalue weighted by Crippen LogP contribution is 2.26. The fraction of sp³-hybridized carbons (Fsp3) is 0.400. The third kappa shape index (κ3) is 4.23. The molecule has 1 saturated heterocycles. The van der Waals surface area contributed by atoms with Crippen molar-refractivity contribution in [2.45, 2.75) is 38.1 Å². The van der Waals surface area contributed by atoms with Crippen LogP contribution >= 0.6 is 15.9 Å². The molecule has 26 heavy (non-hydrogen) atoms. The molecule has 1 atom stereocenters. The SMILES string of the molecule is CC1(NC(=O)c2cccc(Br)c2)CCN(CCC2=CC=C(F)CC2)C1=O. The number of amides is 2. The van der Waals surface area contributed by atoms with Gasteiger partial charge in [-0.2, -0.15) is 0 Å². The van der Waals surface area contributed by atoms with E-state index in [4.69, 9.17) is 0 Å². The lowest BCUT2D eigenvalue weighted by molar-refractivity contribution is -0.132. The molecule has 1 heterocycles. The fourth-order valence-corrected chi connectivity index (χ4v) is 3.74. The lowest BCUT2D eigenvalue weighted by Crippen LogP contribution is -2.52. The van der Waals surface area contributed by atoms with Crippen molar-refractivity contribution in [2.24, 2.45) is 0 Å². The summed E-state index contributed by atoms with van der Waals surface area (Å²) in [5.74, 6) is -0.396. The van der Waals surface area contributed by atoms with E-state index in [1.807, 2.05) is 12.1 Å². The molecule has 0 aromatic heterocycles. The number of likely N-dealkylation sites (tertiary alicyclic amines) is 1. The molecular weight excluding hydrogens is 399 g/mol. The standard InChI is InChI=1S/C20H22BrFN2O2/c1-20(23-18(25)15-3-2-4-16(21)13-15)10-12-24(19(20)26)11-9-14-5-7-17(22)8-6-14/h2-5,7,13H,6,8-12H2,1H3,(H,23,25). The number of hydrogen-bond acceptors (Lipinski definition) is 2. The Morgan fingerprint density at radius 2 is 2.15 bits per heavy atom. The maximum absolute atomic E-state index is 13.1. The van der Waals surface area contributed by atoms with Gasteiger partial charge in [-0.1, -0.05) is 33.6 Å². The predicted molar refractivity (Wildman–Crippen MR) is 102 cm³/mol. The van der Waals surface area contributed by atoms with Crippen LogP contribution in [-0.2, 0) is 4.79 Å². The topological polar surface area (TPSA) is 49.4 Å². The van der Waals surface area contributed by atoms with Crippen LogP contribution in [0.4, 0.5) is 4.39 Å². The minimum absolute atomic E-state index is 0.0565. The molecule has 1 aromatic carbocycles. The Hall–Kier alpha value is -1.95. The molecule has 138 valence electrons. The van der Waals surface area contributed by atoms with Gasteiger partial charge in [-0.15, -0.1) is 0 Å². The van der Waals surface area contributed by atoms with Crippen LogP contribution in [0, 0.1) is 0 Å². The summed E-state index contributed by atoms with van der Waals surface area (Å²) < 4.78 is 13.9. The Morgan fingerprint density at radius 1 is 1.35 bits per heavy atom. The maximum atomic E-state index is 13.1. The maximum Gasteiger partial charge on any atom is 0.252 e. The molecule has 1 unspecified atom stereocenters. The average Bonchev–Trinajstić information content (AvgIpc) is 2.89. The van der Waals surface area contributed by atoms with E-state index in [2.05, 4.69) is 21.2 Å². The smallest absolute Gasteiger partial charge is 0.252 e. The van der Waals surface area contributed by atoms with Gasteiger partial charge in [0.2, 0.25) is 5.91 Å². The number of carbonyl (C=O) groups excluding carboxylic acids is 2. The lowest BCUT2D eigenvalue weighted by Gasteiger charge is -2.25. The highest BCUT2D eigenvalue weighted by atomic mass is 79.9. The lowest BCUT2D eigenvalue weighted by atomic mass is 9.99. The number of benzene rings is 1. The molecule has 3 rings (SSSR count). The van der Waals surface area contributed by atoms with E-state index in [9.17, 15) is 14.0 Å². The van der Waals surface area contributed by atoms with Gasteiger partial charge in [-0.3, -0.25) is 9.59 Å². The molecule has 0 bridgehead atoms. The van der Waals surface area contributed by atoms with Crippen LogP contribution in [0.5, 0.6) is 0 Å². The first-order chi connectivity index (χ1) is 12.4. The van der Waals surface area contributed by atoms with Gasteiger partial charge in [-0.05, 0) is 50.5 Å². The van der Waals surface area contributed by atoms with Gasteiger partial charge in [0.05, 0.1) is 0 Å². The molecule has 6 heteroatoms. The number of nitrogens with one attached hydrogen (secondary N) is 1. The monoisotopic (exact) mass is 420 g/mol. The van der Waals surface area contributed by atoms with Crippen molar-refractivity contribution in [3.63, 3.8) is 0 Å².